The van der Waals surface area contributed by atoms with Crippen molar-refractivity contribution in [2.45, 2.75) is 18.8 Å². The number of rotatable bonds is 5. The van der Waals surface area contributed by atoms with E-state index in [0.717, 1.165) is 25.5 Å². The number of nitrogens with zero attached hydrogens (tertiary/aromatic N) is 3. The average molecular weight is 282 g/mol. The normalized spacial score (nSPS) is 19.3. The van der Waals surface area contributed by atoms with Crippen molar-refractivity contribution >= 4 is 5.82 Å². The molecule has 1 atom stereocenters. The van der Waals surface area contributed by atoms with Gasteiger partial charge in [0.05, 0.1) is 0 Å². The number of piperidine rings is 1. The van der Waals surface area contributed by atoms with Gasteiger partial charge in [0, 0.05) is 25.8 Å². The molecule has 2 aromatic rings. The minimum Gasteiger partial charge on any atom is -0.369 e. The molecule has 0 amide bonds. The van der Waals surface area contributed by atoms with Crippen molar-refractivity contribution < 1.29 is 0 Å². The number of anilines is 1. The molecule has 0 radical (unpaired) electrons. The van der Waals surface area contributed by atoms with Crippen molar-refractivity contribution in [3.8, 4) is 0 Å². The molecule has 0 bridgehead atoms. The molecule has 21 heavy (non-hydrogen) atoms. The Kier molecular flexibility index (Phi) is 4.79. The fraction of sp³-hybridized carbons (Fsp3) is 0.412. The molecule has 3 rings (SSSR count). The van der Waals surface area contributed by atoms with Crippen LogP contribution in [-0.2, 0) is 0 Å². The molecule has 2 heterocycles. The summed E-state index contributed by atoms with van der Waals surface area (Å²) in [6.45, 7) is 4.36. The molecular weight excluding hydrogens is 260 g/mol. The van der Waals surface area contributed by atoms with Crippen molar-refractivity contribution in [2.24, 2.45) is 0 Å². The maximum atomic E-state index is 4.18. The summed E-state index contributed by atoms with van der Waals surface area (Å²) in [5.41, 5.74) is 1.48. The molecular formula is C17H22N4. The van der Waals surface area contributed by atoms with Crippen LogP contribution in [0, 0.1) is 0 Å². The Bertz CT molecular complexity index is 529. The van der Waals surface area contributed by atoms with Gasteiger partial charge in [-0.05, 0) is 36.9 Å². The molecule has 1 N–H and O–H groups in total. The van der Waals surface area contributed by atoms with Crippen molar-refractivity contribution in [1.82, 2.24) is 14.9 Å². The highest BCUT2D eigenvalue weighted by Crippen LogP contribution is 2.26. The second-order valence-electron chi connectivity index (χ2n) is 5.57. The SMILES string of the molecule is c1ccc([C@@H]2CCCN(CCNc3ccncn3)C2)cc1. The predicted molar refractivity (Wildman–Crippen MR) is 85.4 cm³/mol. The summed E-state index contributed by atoms with van der Waals surface area (Å²) in [4.78, 5) is 10.7. The lowest BCUT2D eigenvalue weighted by molar-refractivity contribution is 0.215. The summed E-state index contributed by atoms with van der Waals surface area (Å²) in [6.07, 6.45) is 5.93. The van der Waals surface area contributed by atoms with Gasteiger partial charge in [-0.25, -0.2) is 9.97 Å². The van der Waals surface area contributed by atoms with Crippen LogP contribution in [0.15, 0.2) is 48.9 Å². The monoisotopic (exact) mass is 282 g/mol. The van der Waals surface area contributed by atoms with E-state index in [1.54, 1.807) is 12.5 Å². The molecule has 1 saturated heterocycles. The van der Waals surface area contributed by atoms with E-state index in [0.29, 0.717) is 5.92 Å². The van der Waals surface area contributed by atoms with Crippen LogP contribution in [0.2, 0.25) is 0 Å². The molecule has 0 aliphatic carbocycles. The summed E-state index contributed by atoms with van der Waals surface area (Å²) in [5.74, 6) is 1.58. The number of likely N-dealkylation sites (tertiary alicyclic amines) is 1. The first-order valence-electron chi connectivity index (χ1n) is 7.69. The third-order valence-electron chi connectivity index (χ3n) is 4.09. The van der Waals surface area contributed by atoms with Gasteiger partial charge < -0.3 is 10.2 Å². The lowest BCUT2D eigenvalue weighted by Crippen LogP contribution is -2.37. The number of benzene rings is 1. The molecule has 1 aliphatic heterocycles. The maximum Gasteiger partial charge on any atom is 0.129 e. The predicted octanol–water partition coefficient (Wildman–Crippen LogP) is 2.77. The van der Waals surface area contributed by atoms with Crippen LogP contribution in [0.5, 0.6) is 0 Å². The first-order chi connectivity index (χ1) is 10.4. The molecule has 1 aliphatic rings. The molecule has 0 saturated carbocycles. The molecule has 1 fully saturated rings. The number of aromatic nitrogens is 2. The van der Waals surface area contributed by atoms with E-state index in [1.807, 2.05) is 6.07 Å². The van der Waals surface area contributed by atoms with Gasteiger partial charge in [-0.2, -0.15) is 0 Å². The Balaban J connectivity index is 1.48. The van der Waals surface area contributed by atoms with Crippen molar-refractivity contribution in [2.75, 3.05) is 31.5 Å². The highest BCUT2D eigenvalue weighted by molar-refractivity contribution is 5.31. The van der Waals surface area contributed by atoms with Gasteiger partial charge in [0.2, 0.25) is 0 Å². The minimum absolute atomic E-state index is 0.680. The van der Waals surface area contributed by atoms with Gasteiger partial charge in [0.25, 0.3) is 0 Å². The van der Waals surface area contributed by atoms with Crippen molar-refractivity contribution in [1.29, 1.82) is 0 Å². The number of nitrogens with one attached hydrogen (secondary N) is 1. The second-order valence-corrected chi connectivity index (χ2v) is 5.57. The van der Waals surface area contributed by atoms with Gasteiger partial charge in [0.15, 0.2) is 0 Å². The van der Waals surface area contributed by atoms with Crippen LogP contribution in [0.25, 0.3) is 0 Å². The Morgan fingerprint density at radius 3 is 2.90 bits per heavy atom. The Morgan fingerprint density at radius 2 is 2.10 bits per heavy atom. The summed E-state index contributed by atoms with van der Waals surface area (Å²) < 4.78 is 0. The zero-order chi connectivity index (χ0) is 14.3. The standard InChI is InChI=1S/C17H22N4/c1-2-5-15(6-3-1)16-7-4-11-21(13-16)12-10-19-17-8-9-18-14-20-17/h1-3,5-6,8-9,14,16H,4,7,10-13H2,(H,18,19,20)/t16-/m1/s1. The fourth-order valence-electron chi connectivity index (χ4n) is 2.99. The van der Waals surface area contributed by atoms with Gasteiger partial charge >= 0.3 is 0 Å². The summed E-state index contributed by atoms with van der Waals surface area (Å²) in [5, 5.41) is 3.35. The molecule has 4 nitrogen and oxygen atoms in total. The zero-order valence-corrected chi connectivity index (χ0v) is 12.3. The third kappa shape index (κ3) is 4.02. The lowest BCUT2D eigenvalue weighted by atomic mass is 9.91. The van der Waals surface area contributed by atoms with E-state index in [9.17, 15) is 0 Å². The Labute approximate surface area is 126 Å². The van der Waals surface area contributed by atoms with Gasteiger partial charge in [-0.1, -0.05) is 30.3 Å². The number of hydrogen-bond acceptors (Lipinski definition) is 4. The van der Waals surface area contributed by atoms with Crippen molar-refractivity contribution in [3.63, 3.8) is 0 Å². The van der Waals surface area contributed by atoms with Crippen LogP contribution < -0.4 is 5.32 Å². The first kappa shape index (κ1) is 14.0. The second kappa shape index (κ2) is 7.18. The number of hydrogen-bond donors (Lipinski definition) is 1. The van der Waals surface area contributed by atoms with Gasteiger partial charge in [-0.15, -0.1) is 0 Å². The summed E-state index contributed by atoms with van der Waals surface area (Å²) in [6, 6.07) is 12.8. The maximum absolute atomic E-state index is 4.18. The van der Waals surface area contributed by atoms with Crippen LogP contribution in [0.1, 0.15) is 24.3 Å². The Morgan fingerprint density at radius 1 is 1.19 bits per heavy atom. The first-order valence-corrected chi connectivity index (χ1v) is 7.69. The molecule has 1 aromatic carbocycles. The molecule has 110 valence electrons. The topological polar surface area (TPSA) is 41.0 Å². The molecule has 0 spiro atoms. The van der Waals surface area contributed by atoms with Gasteiger partial charge in [0.1, 0.15) is 12.1 Å². The minimum atomic E-state index is 0.680. The largest absolute Gasteiger partial charge is 0.369 e. The van der Waals surface area contributed by atoms with Crippen LogP contribution in [0.3, 0.4) is 0 Å². The highest BCUT2D eigenvalue weighted by atomic mass is 15.2. The molecule has 0 unspecified atom stereocenters. The fourth-order valence-corrected chi connectivity index (χ4v) is 2.99. The smallest absolute Gasteiger partial charge is 0.129 e. The zero-order valence-electron chi connectivity index (χ0n) is 12.3. The average Bonchev–Trinajstić information content (AvgIpc) is 2.57. The van der Waals surface area contributed by atoms with E-state index in [2.05, 4.69) is 50.5 Å². The summed E-state index contributed by atoms with van der Waals surface area (Å²) >= 11 is 0. The Hall–Kier alpha value is -1.94. The highest BCUT2D eigenvalue weighted by Gasteiger charge is 2.20. The third-order valence-corrected chi connectivity index (χ3v) is 4.09. The van der Waals surface area contributed by atoms with Crippen molar-refractivity contribution in [3.05, 3.63) is 54.5 Å². The summed E-state index contributed by atoms with van der Waals surface area (Å²) in [7, 11) is 0. The van der Waals surface area contributed by atoms with E-state index < -0.39 is 0 Å². The molecule has 1 aromatic heterocycles. The van der Waals surface area contributed by atoms with E-state index in [4.69, 9.17) is 0 Å². The van der Waals surface area contributed by atoms with Crippen LogP contribution >= 0.6 is 0 Å². The quantitative estimate of drug-likeness (QED) is 0.915. The van der Waals surface area contributed by atoms with Gasteiger partial charge in [-0.3, -0.25) is 0 Å². The van der Waals surface area contributed by atoms with Crippen LogP contribution in [-0.4, -0.2) is 41.0 Å². The van der Waals surface area contributed by atoms with E-state index >= 15 is 0 Å². The van der Waals surface area contributed by atoms with E-state index in [-0.39, 0.29) is 0 Å². The lowest BCUT2D eigenvalue weighted by Gasteiger charge is -2.33. The van der Waals surface area contributed by atoms with Crippen LogP contribution in [0.4, 0.5) is 5.82 Å². The molecule has 4 heteroatoms. The van der Waals surface area contributed by atoms with E-state index in [1.165, 1.54) is 24.9 Å².